The zero-order valence-corrected chi connectivity index (χ0v) is 11.1. The molecule has 20 heavy (non-hydrogen) atoms. The molecule has 0 atom stereocenters. The second-order valence-corrected chi connectivity index (χ2v) is 5.14. The average Bonchev–Trinajstić information content (AvgIpc) is 2.88. The van der Waals surface area contributed by atoms with E-state index in [0.717, 1.165) is 15.3 Å². The molecule has 0 amide bonds. The van der Waals surface area contributed by atoms with E-state index in [1.807, 2.05) is 24.3 Å². The van der Waals surface area contributed by atoms with E-state index in [4.69, 9.17) is 0 Å². The van der Waals surface area contributed by atoms with Crippen molar-refractivity contribution in [2.45, 2.75) is 0 Å². The Hall–Kier alpha value is -2.60. The van der Waals surface area contributed by atoms with E-state index in [1.165, 1.54) is 23.5 Å². The van der Waals surface area contributed by atoms with Gasteiger partial charge in [-0.05, 0) is 29.8 Å². The van der Waals surface area contributed by atoms with Crippen LogP contribution < -0.4 is 0 Å². The van der Waals surface area contributed by atoms with Gasteiger partial charge in [0, 0.05) is 24.5 Å². The second-order valence-electron chi connectivity index (χ2n) is 4.08. The van der Waals surface area contributed by atoms with Gasteiger partial charge >= 0.3 is 0 Å². The first-order chi connectivity index (χ1) is 9.72. The van der Waals surface area contributed by atoms with Crippen LogP contribution >= 0.6 is 11.3 Å². The van der Waals surface area contributed by atoms with Crippen molar-refractivity contribution in [3.63, 3.8) is 0 Å². The number of hydrogen-bond acceptors (Lipinski definition) is 5. The van der Waals surface area contributed by atoms with Crippen molar-refractivity contribution in [1.29, 1.82) is 0 Å². The van der Waals surface area contributed by atoms with Crippen molar-refractivity contribution in [2.24, 2.45) is 0 Å². The Morgan fingerprint density at radius 2 is 1.95 bits per heavy atom. The van der Waals surface area contributed by atoms with E-state index in [0.29, 0.717) is 5.52 Å². The summed E-state index contributed by atoms with van der Waals surface area (Å²) in [6.45, 7) is 0. The highest BCUT2D eigenvalue weighted by molar-refractivity contribution is 7.19. The molecule has 3 aromatic rings. The summed E-state index contributed by atoms with van der Waals surface area (Å²) in [5.41, 5.74) is 1.75. The fraction of sp³-hybridized carbons (Fsp3) is 0. The summed E-state index contributed by atoms with van der Waals surface area (Å²) in [5, 5.41) is 11.5. The monoisotopic (exact) mass is 283 g/mol. The molecule has 0 bridgehead atoms. The lowest BCUT2D eigenvalue weighted by atomic mass is 10.2. The van der Waals surface area contributed by atoms with Gasteiger partial charge in [-0.1, -0.05) is 6.08 Å². The summed E-state index contributed by atoms with van der Waals surface area (Å²) in [7, 11) is 0. The minimum Gasteiger partial charge on any atom is -0.265 e. The zero-order chi connectivity index (χ0) is 13.9. The summed E-state index contributed by atoms with van der Waals surface area (Å²) in [5.74, 6) is 0. The number of hydrogen-bond donors (Lipinski definition) is 0. The Morgan fingerprint density at radius 3 is 2.70 bits per heavy atom. The van der Waals surface area contributed by atoms with Crippen LogP contribution in [0.1, 0.15) is 10.6 Å². The Bertz CT molecular complexity index is 797. The largest absolute Gasteiger partial charge is 0.271 e. The third-order valence-corrected chi connectivity index (χ3v) is 3.72. The van der Waals surface area contributed by atoms with E-state index in [-0.39, 0.29) is 5.69 Å². The van der Waals surface area contributed by atoms with Crippen LogP contribution in [0, 0.1) is 10.1 Å². The molecule has 98 valence electrons. The Balaban J connectivity index is 1.93. The van der Waals surface area contributed by atoms with Gasteiger partial charge in [0.2, 0.25) is 0 Å². The Labute approximate surface area is 118 Å². The molecular formula is C14H9N3O2S. The van der Waals surface area contributed by atoms with Gasteiger partial charge in [-0.2, -0.15) is 0 Å². The van der Waals surface area contributed by atoms with Crippen LogP contribution in [0.15, 0.2) is 42.7 Å². The van der Waals surface area contributed by atoms with E-state index < -0.39 is 4.92 Å². The topological polar surface area (TPSA) is 68.9 Å². The molecule has 0 fully saturated rings. The molecule has 2 aromatic heterocycles. The first kappa shape index (κ1) is 12.4. The maximum absolute atomic E-state index is 10.7. The number of benzene rings is 1. The zero-order valence-electron chi connectivity index (χ0n) is 10.3. The van der Waals surface area contributed by atoms with Gasteiger partial charge in [0.05, 0.1) is 15.1 Å². The molecule has 0 unspecified atom stereocenters. The number of nitrogens with zero attached hydrogens (tertiary/aromatic N) is 3. The minimum absolute atomic E-state index is 0.0625. The van der Waals surface area contributed by atoms with Crippen molar-refractivity contribution in [3.05, 3.63) is 63.4 Å². The number of thiazole rings is 1. The van der Waals surface area contributed by atoms with Gasteiger partial charge < -0.3 is 0 Å². The van der Waals surface area contributed by atoms with Gasteiger partial charge in [-0.25, -0.2) is 4.98 Å². The number of pyridine rings is 1. The summed E-state index contributed by atoms with van der Waals surface area (Å²) >= 11 is 1.50. The van der Waals surface area contributed by atoms with Crippen LogP contribution in [0.2, 0.25) is 0 Å². The summed E-state index contributed by atoms with van der Waals surface area (Å²) in [4.78, 5) is 18.6. The number of non-ortho nitro benzene ring substituents is 1. The molecule has 2 heterocycles. The smallest absolute Gasteiger partial charge is 0.265 e. The molecule has 0 saturated heterocycles. The number of nitro groups is 1. The fourth-order valence-corrected chi connectivity index (χ4v) is 2.61. The molecule has 0 N–H and O–H groups in total. The third kappa shape index (κ3) is 2.55. The second kappa shape index (κ2) is 5.18. The normalized spacial score (nSPS) is 11.2. The van der Waals surface area contributed by atoms with Gasteiger partial charge in [0.1, 0.15) is 5.01 Å². The van der Waals surface area contributed by atoms with Crippen LogP contribution in [-0.2, 0) is 0 Å². The van der Waals surface area contributed by atoms with Crippen LogP contribution in [0.25, 0.3) is 22.4 Å². The van der Waals surface area contributed by atoms with Crippen molar-refractivity contribution in [1.82, 2.24) is 9.97 Å². The number of aromatic nitrogens is 2. The molecule has 0 saturated carbocycles. The van der Waals surface area contributed by atoms with Crippen LogP contribution in [0.4, 0.5) is 5.69 Å². The van der Waals surface area contributed by atoms with Gasteiger partial charge in [-0.3, -0.25) is 15.1 Å². The van der Waals surface area contributed by atoms with Crippen LogP contribution in [0.5, 0.6) is 0 Å². The molecule has 6 heteroatoms. The van der Waals surface area contributed by atoms with E-state index in [1.54, 1.807) is 18.5 Å². The molecule has 0 aliphatic rings. The highest BCUT2D eigenvalue weighted by Gasteiger charge is 2.09. The first-order valence-corrected chi connectivity index (χ1v) is 6.67. The Morgan fingerprint density at radius 1 is 1.15 bits per heavy atom. The highest BCUT2D eigenvalue weighted by Crippen LogP contribution is 2.26. The predicted octanol–water partition coefficient (Wildman–Crippen LogP) is 3.77. The fourth-order valence-electron chi connectivity index (χ4n) is 1.76. The molecular weight excluding hydrogens is 274 g/mol. The Kier molecular flexibility index (Phi) is 3.22. The number of fused-ring (bicyclic) bond motifs is 1. The SMILES string of the molecule is O=[N+]([O-])c1ccc2sc(/C=C/c3ccncc3)nc2c1. The van der Waals surface area contributed by atoms with E-state index >= 15 is 0 Å². The maximum atomic E-state index is 10.7. The molecule has 0 spiro atoms. The molecule has 0 aliphatic carbocycles. The van der Waals surface area contributed by atoms with Gasteiger partial charge in [-0.15, -0.1) is 11.3 Å². The number of rotatable bonds is 3. The van der Waals surface area contributed by atoms with Crippen LogP contribution in [0.3, 0.4) is 0 Å². The van der Waals surface area contributed by atoms with Crippen molar-refractivity contribution in [3.8, 4) is 0 Å². The van der Waals surface area contributed by atoms with E-state index in [2.05, 4.69) is 9.97 Å². The molecule has 3 rings (SSSR count). The first-order valence-electron chi connectivity index (χ1n) is 5.85. The molecule has 0 aliphatic heterocycles. The lowest BCUT2D eigenvalue weighted by Crippen LogP contribution is -1.86. The van der Waals surface area contributed by atoms with Crippen molar-refractivity contribution in [2.75, 3.05) is 0 Å². The maximum Gasteiger partial charge on any atom is 0.271 e. The quantitative estimate of drug-likeness (QED) is 0.542. The molecule has 1 aromatic carbocycles. The standard InChI is InChI=1S/C14H9N3O2S/c18-17(19)11-2-3-13-12(9-11)16-14(20-13)4-1-10-5-7-15-8-6-10/h1-9H/b4-1+. The summed E-state index contributed by atoms with van der Waals surface area (Å²) < 4.78 is 0.935. The lowest BCUT2D eigenvalue weighted by Gasteiger charge is -1.89. The van der Waals surface area contributed by atoms with E-state index in [9.17, 15) is 10.1 Å². The van der Waals surface area contributed by atoms with Crippen LogP contribution in [-0.4, -0.2) is 14.9 Å². The number of nitro benzene ring substituents is 1. The van der Waals surface area contributed by atoms with Crippen molar-refractivity contribution >= 4 is 39.4 Å². The minimum atomic E-state index is -0.411. The highest BCUT2D eigenvalue weighted by atomic mass is 32.1. The summed E-state index contributed by atoms with van der Waals surface area (Å²) in [6.07, 6.45) is 7.28. The lowest BCUT2D eigenvalue weighted by molar-refractivity contribution is -0.384. The molecule has 5 nitrogen and oxygen atoms in total. The third-order valence-electron chi connectivity index (χ3n) is 2.72. The predicted molar refractivity (Wildman–Crippen MR) is 79.4 cm³/mol. The summed E-state index contributed by atoms with van der Waals surface area (Å²) in [6, 6.07) is 8.52. The van der Waals surface area contributed by atoms with Gasteiger partial charge in [0.15, 0.2) is 0 Å². The molecule has 0 radical (unpaired) electrons. The average molecular weight is 283 g/mol. The van der Waals surface area contributed by atoms with Crippen molar-refractivity contribution < 1.29 is 4.92 Å². The van der Waals surface area contributed by atoms with Gasteiger partial charge in [0.25, 0.3) is 5.69 Å².